The molecule has 132 valence electrons. The first-order chi connectivity index (χ1) is 12.5. The fourth-order valence-electron chi connectivity index (χ4n) is 2.49. The summed E-state index contributed by atoms with van der Waals surface area (Å²) in [5, 5.41) is 12.0. The zero-order valence-corrected chi connectivity index (χ0v) is 14.4. The second-order valence-electron chi connectivity index (χ2n) is 5.68. The van der Waals surface area contributed by atoms with Crippen molar-refractivity contribution in [3.63, 3.8) is 0 Å². The van der Waals surface area contributed by atoms with Gasteiger partial charge in [0.15, 0.2) is 0 Å². The first kappa shape index (κ1) is 17.2. The molecule has 3 N–H and O–H groups in total. The Morgan fingerprint density at radius 2 is 1.46 bits per heavy atom. The predicted octanol–water partition coefficient (Wildman–Crippen LogP) is 4.19. The van der Waals surface area contributed by atoms with Crippen LogP contribution in [0.25, 0.3) is 0 Å². The molecule has 3 amide bonds. The quantitative estimate of drug-likeness (QED) is 0.657. The van der Waals surface area contributed by atoms with Crippen molar-refractivity contribution in [2.24, 2.45) is 0 Å². The minimum Gasteiger partial charge on any atom is -0.361 e. The van der Waals surface area contributed by atoms with Crippen molar-refractivity contribution in [1.29, 1.82) is 0 Å². The highest BCUT2D eigenvalue weighted by Gasteiger charge is 2.17. The number of hydrogen-bond acceptors (Lipinski definition) is 4. The Hall–Kier alpha value is -3.61. The van der Waals surface area contributed by atoms with Crippen LogP contribution < -0.4 is 16.0 Å². The van der Waals surface area contributed by atoms with Crippen LogP contribution in [0.2, 0.25) is 0 Å². The third-order valence-corrected chi connectivity index (χ3v) is 3.67. The minimum atomic E-state index is -0.370. The van der Waals surface area contributed by atoms with E-state index in [0.29, 0.717) is 34.1 Å². The molecule has 0 aliphatic carbocycles. The summed E-state index contributed by atoms with van der Waals surface area (Å²) in [6.45, 7) is 3.39. The Bertz CT molecular complexity index is 915. The van der Waals surface area contributed by atoms with Gasteiger partial charge in [-0.15, -0.1) is 0 Å². The number of carbonyl (C=O) groups excluding carboxylic acids is 2. The number of para-hydroxylation sites is 1. The second kappa shape index (κ2) is 7.52. The van der Waals surface area contributed by atoms with Gasteiger partial charge in [-0.2, -0.15) is 0 Å². The van der Waals surface area contributed by atoms with E-state index in [1.807, 2.05) is 18.2 Å². The van der Waals surface area contributed by atoms with Gasteiger partial charge < -0.3 is 20.5 Å². The first-order valence-electron chi connectivity index (χ1n) is 8.00. The molecule has 0 fully saturated rings. The summed E-state index contributed by atoms with van der Waals surface area (Å²) >= 11 is 0. The number of nitrogens with zero attached hydrogens (tertiary/aromatic N) is 1. The largest absolute Gasteiger partial charge is 0.361 e. The standard InChI is InChI=1S/C19H18N4O3/c1-12-17(13(2)26-23-12)18(24)20-15-9-6-10-16(11-15)22-19(25)21-14-7-4-3-5-8-14/h3-11H,1-2H3,(H,20,24)(H2,21,22,25). The van der Waals surface area contributed by atoms with Gasteiger partial charge in [-0.05, 0) is 44.2 Å². The van der Waals surface area contributed by atoms with E-state index in [-0.39, 0.29) is 11.9 Å². The van der Waals surface area contributed by atoms with E-state index in [9.17, 15) is 9.59 Å². The molecule has 0 aliphatic rings. The fraction of sp³-hybridized carbons (Fsp3) is 0.105. The number of rotatable bonds is 4. The summed E-state index contributed by atoms with van der Waals surface area (Å²) in [5.74, 6) is 0.142. The topological polar surface area (TPSA) is 96.3 Å². The second-order valence-corrected chi connectivity index (χ2v) is 5.68. The normalized spacial score (nSPS) is 10.2. The summed E-state index contributed by atoms with van der Waals surface area (Å²) in [4.78, 5) is 24.4. The molecule has 0 bridgehead atoms. The van der Waals surface area contributed by atoms with Gasteiger partial charge in [0, 0.05) is 17.1 Å². The molecule has 1 aromatic heterocycles. The van der Waals surface area contributed by atoms with Gasteiger partial charge in [0.05, 0.1) is 5.69 Å². The Balaban J connectivity index is 1.66. The SMILES string of the molecule is Cc1noc(C)c1C(=O)Nc1cccc(NC(=O)Nc2ccccc2)c1. The number of anilines is 3. The third kappa shape index (κ3) is 4.07. The smallest absolute Gasteiger partial charge is 0.323 e. The molecule has 3 aromatic rings. The van der Waals surface area contributed by atoms with Gasteiger partial charge in [0.2, 0.25) is 0 Å². The summed E-state index contributed by atoms with van der Waals surface area (Å²) in [7, 11) is 0. The summed E-state index contributed by atoms with van der Waals surface area (Å²) < 4.78 is 5.01. The lowest BCUT2D eigenvalue weighted by Crippen LogP contribution is -2.19. The van der Waals surface area contributed by atoms with Crippen LogP contribution >= 0.6 is 0 Å². The van der Waals surface area contributed by atoms with Crippen molar-refractivity contribution < 1.29 is 14.1 Å². The van der Waals surface area contributed by atoms with E-state index in [4.69, 9.17) is 4.52 Å². The number of benzene rings is 2. The Labute approximate surface area is 150 Å². The highest BCUT2D eigenvalue weighted by molar-refractivity contribution is 6.06. The van der Waals surface area contributed by atoms with Gasteiger partial charge in [-0.25, -0.2) is 4.79 Å². The van der Waals surface area contributed by atoms with Gasteiger partial charge in [0.25, 0.3) is 5.91 Å². The molecule has 3 rings (SSSR count). The van der Waals surface area contributed by atoms with E-state index >= 15 is 0 Å². The summed E-state index contributed by atoms with van der Waals surface area (Å²) in [5.41, 5.74) is 2.72. The van der Waals surface area contributed by atoms with Crippen molar-refractivity contribution in [3.8, 4) is 0 Å². The van der Waals surface area contributed by atoms with Crippen molar-refractivity contribution in [2.45, 2.75) is 13.8 Å². The fourth-order valence-corrected chi connectivity index (χ4v) is 2.49. The molecular formula is C19H18N4O3. The maximum atomic E-state index is 12.4. The maximum absolute atomic E-state index is 12.4. The molecule has 26 heavy (non-hydrogen) atoms. The molecular weight excluding hydrogens is 332 g/mol. The van der Waals surface area contributed by atoms with Gasteiger partial charge in [-0.3, -0.25) is 4.79 Å². The van der Waals surface area contributed by atoms with Crippen LogP contribution in [0.4, 0.5) is 21.9 Å². The van der Waals surface area contributed by atoms with Crippen molar-refractivity contribution in [2.75, 3.05) is 16.0 Å². The number of aryl methyl sites for hydroxylation is 2. The molecule has 0 radical (unpaired) electrons. The molecule has 0 atom stereocenters. The Morgan fingerprint density at radius 1 is 0.846 bits per heavy atom. The number of nitrogens with one attached hydrogen (secondary N) is 3. The van der Waals surface area contributed by atoms with E-state index in [1.165, 1.54) is 0 Å². The first-order valence-corrected chi connectivity index (χ1v) is 8.00. The van der Waals surface area contributed by atoms with E-state index in [2.05, 4.69) is 21.1 Å². The number of amides is 3. The number of urea groups is 1. The lowest BCUT2D eigenvalue weighted by molar-refractivity contribution is 0.102. The number of carbonyl (C=O) groups is 2. The van der Waals surface area contributed by atoms with Crippen LogP contribution in [0.3, 0.4) is 0 Å². The highest BCUT2D eigenvalue weighted by atomic mass is 16.5. The van der Waals surface area contributed by atoms with Crippen LogP contribution in [0.5, 0.6) is 0 Å². The van der Waals surface area contributed by atoms with Crippen molar-refractivity contribution in [3.05, 3.63) is 71.6 Å². The Morgan fingerprint density at radius 3 is 2.12 bits per heavy atom. The molecule has 0 saturated carbocycles. The average molecular weight is 350 g/mol. The van der Waals surface area contributed by atoms with Crippen LogP contribution in [-0.2, 0) is 0 Å². The number of hydrogen-bond donors (Lipinski definition) is 3. The molecule has 0 aliphatic heterocycles. The zero-order valence-electron chi connectivity index (χ0n) is 14.4. The number of aromatic nitrogens is 1. The van der Waals surface area contributed by atoms with Crippen LogP contribution in [0.15, 0.2) is 59.1 Å². The minimum absolute atomic E-state index is 0.313. The molecule has 0 saturated heterocycles. The lowest BCUT2D eigenvalue weighted by Gasteiger charge is -2.10. The monoisotopic (exact) mass is 350 g/mol. The third-order valence-electron chi connectivity index (χ3n) is 3.67. The molecule has 0 spiro atoms. The summed E-state index contributed by atoms with van der Waals surface area (Å²) in [6.07, 6.45) is 0. The lowest BCUT2D eigenvalue weighted by atomic mass is 10.2. The molecule has 7 nitrogen and oxygen atoms in total. The van der Waals surface area contributed by atoms with Crippen molar-refractivity contribution >= 4 is 29.0 Å². The van der Waals surface area contributed by atoms with E-state index < -0.39 is 0 Å². The van der Waals surface area contributed by atoms with Crippen LogP contribution in [0, 0.1) is 13.8 Å². The zero-order chi connectivity index (χ0) is 18.5. The maximum Gasteiger partial charge on any atom is 0.323 e. The van der Waals surface area contributed by atoms with E-state index in [1.54, 1.807) is 50.2 Å². The molecule has 7 heteroatoms. The van der Waals surface area contributed by atoms with Crippen LogP contribution in [-0.4, -0.2) is 17.1 Å². The average Bonchev–Trinajstić information content (AvgIpc) is 2.94. The highest BCUT2D eigenvalue weighted by Crippen LogP contribution is 2.19. The van der Waals surface area contributed by atoms with E-state index in [0.717, 1.165) is 0 Å². The molecule has 1 heterocycles. The summed E-state index contributed by atoms with van der Waals surface area (Å²) in [6, 6.07) is 15.6. The molecule has 2 aromatic carbocycles. The van der Waals surface area contributed by atoms with Gasteiger partial charge in [0.1, 0.15) is 11.3 Å². The van der Waals surface area contributed by atoms with Crippen molar-refractivity contribution in [1.82, 2.24) is 5.16 Å². The van der Waals surface area contributed by atoms with Gasteiger partial charge in [-0.1, -0.05) is 29.4 Å². The van der Waals surface area contributed by atoms with Crippen LogP contribution in [0.1, 0.15) is 21.8 Å². The molecule has 0 unspecified atom stereocenters. The van der Waals surface area contributed by atoms with Gasteiger partial charge >= 0.3 is 6.03 Å². The Kier molecular flexibility index (Phi) is 4.98. The predicted molar refractivity (Wildman–Crippen MR) is 99.5 cm³/mol.